The number of allylic oxidation sites excluding steroid dienone is 5. The van der Waals surface area contributed by atoms with E-state index in [0.29, 0.717) is 29.5 Å². The van der Waals surface area contributed by atoms with Gasteiger partial charge in [0.25, 0.3) is 6.43 Å². The average molecular weight is 486 g/mol. The van der Waals surface area contributed by atoms with Gasteiger partial charge in [0.1, 0.15) is 5.52 Å². The first-order chi connectivity index (χ1) is 17.4. The predicted molar refractivity (Wildman–Crippen MR) is 139 cm³/mol. The molecule has 2 N–H and O–H groups in total. The van der Waals surface area contributed by atoms with Crippen LogP contribution in [0.1, 0.15) is 24.0 Å². The number of nitrogens with one attached hydrogen (secondary N) is 2. The maximum Gasteiger partial charge on any atom is 0.259 e. The van der Waals surface area contributed by atoms with Gasteiger partial charge in [-0.25, -0.2) is 18.3 Å². The largest absolute Gasteiger partial charge is 0.379 e. The van der Waals surface area contributed by atoms with Crippen LogP contribution < -0.4 is 10.6 Å². The number of pyridine rings is 2. The van der Waals surface area contributed by atoms with Crippen LogP contribution >= 0.6 is 0 Å². The second-order valence-corrected chi connectivity index (χ2v) is 7.92. The molecule has 9 heteroatoms. The number of halogens is 2. The van der Waals surface area contributed by atoms with Crippen molar-refractivity contribution in [1.29, 1.82) is 0 Å². The normalized spacial score (nSPS) is 11.8. The molecule has 36 heavy (non-hydrogen) atoms. The van der Waals surface area contributed by atoms with E-state index in [9.17, 15) is 8.78 Å². The van der Waals surface area contributed by atoms with E-state index in [1.54, 1.807) is 35.4 Å². The third-order valence-electron chi connectivity index (χ3n) is 5.29. The lowest BCUT2D eigenvalue weighted by molar-refractivity contribution is 0.190. The van der Waals surface area contributed by atoms with Gasteiger partial charge in [-0.05, 0) is 42.8 Å². The number of hydrogen-bond donors (Lipinski definition) is 2. The summed E-state index contributed by atoms with van der Waals surface area (Å²) < 4.78 is 27.1. The minimum atomic E-state index is -2.51. The lowest BCUT2D eigenvalue weighted by Crippen LogP contribution is -2.13. The molecule has 0 fully saturated rings. The van der Waals surface area contributed by atoms with Crippen LogP contribution in [0.25, 0.3) is 16.8 Å². The van der Waals surface area contributed by atoms with Crippen LogP contribution in [0.2, 0.25) is 0 Å². The molecule has 0 aromatic carbocycles. The highest BCUT2D eigenvalue weighted by molar-refractivity contribution is 5.81. The fraction of sp³-hybridized carbons (Fsp3) is 0.111. The van der Waals surface area contributed by atoms with E-state index in [2.05, 4.69) is 43.8 Å². The molecule has 0 saturated heterocycles. The lowest BCUT2D eigenvalue weighted by Gasteiger charge is -2.15. The Morgan fingerprint density at radius 1 is 1.14 bits per heavy atom. The standard InChI is InChI=1S/C27H25F2N7/c1-18(25(28)29)8-6-9-19(2)26-34-27(24-11-7-15-36(24)35-26)33-23-12-14-30-17-22(23)20(3)32-16-21-10-4-5-13-31-21/h4-15,17,25,32H,2-3,16H2,1H3,(H,30,33,34,35)/b9-6-,18-8+. The van der Waals surface area contributed by atoms with Gasteiger partial charge in [0.05, 0.1) is 17.9 Å². The van der Waals surface area contributed by atoms with Crippen LogP contribution in [0, 0.1) is 0 Å². The van der Waals surface area contributed by atoms with E-state index in [-0.39, 0.29) is 5.57 Å². The molecular weight excluding hydrogens is 460 g/mol. The number of alkyl halides is 2. The van der Waals surface area contributed by atoms with Crippen molar-refractivity contribution in [3.8, 4) is 0 Å². The summed E-state index contributed by atoms with van der Waals surface area (Å²) >= 11 is 0. The zero-order valence-electron chi connectivity index (χ0n) is 19.7. The second kappa shape index (κ2) is 11.2. The first-order valence-corrected chi connectivity index (χ1v) is 11.1. The molecule has 0 aliphatic carbocycles. The molecule has 0 bridgehead atoms. The minimum Gasteiger partial charge on any atom is -0.379 e. The van der Waals surface area contributed by atoms with E-state index in [1.165, 1.54) is 19.1 Å². The van der Waals surface area contributed by atoms with E-state index >= 15 is 0 Å². The van der Waals surface area contributed by atoms with Gasteiger partial charge in [0.2, 0.25) is 0 Å². The van der Waals surface area contributed by atoms with Gasteiger partial charge in [-0.3, -0.25) is 9.97 Å². The Morgan fingerprint density at radius 2 is 2.00 bits per heavy atom. The highest BCUT2D eigenvalue weighted by Crippen LogP contribution is 2.27. The fourth-order valence-electron chi connectivity index (χ4n) is 3.29. The monoisotopic (exact) mass is 485 g/mol. The number of aromatic nitrogens is 5. The molecule has 7 nitrogen and oxygen atoms in total. The van der Waals surface area contributed by atoms with Crippen molar-refractivity contribution >= 4 is 28.3 Å². The van der Waals surface area contributed by atoms with Gasteiger partial charge in [0, 0.05) is 41.6 Å². The van der Waals surface area contributed by atoms with Crippen LogP contribution in [-0.2, 0) is 6.54 Å². The molecule has 0 aliphatic rings. The van der Waals surface area contributed by atoms with Gasteiger partial charge in [-0.2, -0.15) is 0 Å². The van der Waals surface area contributed by atoms with Crippen molar-refractivity contribution in [3.63, 3.8) is 0 Å². The van der Waals surface area contributed by atoms with Crippen molar-refractivity contribution in [2.45, 2.75) is 19.9 Å². The molecule has 0 amide bonds. The molecule has 0 unspecified atom stereocenters. The summed E-state index contributed by atoms with van der Waals surface area (Å²) in [6, 6.07) is 11.3. The Labute approximate surface area is 207 Å². The summed E-state index contributed by atoms with van der Waals surface area (Å²) in [5.74, 6) is 0.895. The summed E-state index contributed by atoms with van der Waals surface area (Å²) in [4.78, 5) is 13.2. The molecule has 0 atom stereocenters. The lowest BCUT2D eigenvalue weighted by atomic mass is 10.1. The SMILES string of the molecule is C=C(/C=C\C=C(/C)C(F)F)c1nc(Nc2ccncc2C(=C)NCc2ccccn2)c2cccn2n1. The summed E-state index contributed by atoms with van der Waals surface area (Å²) in [6.45, 7) is 10.0. The predicted octanol–water partition coefficient (Wildman–Crippen LogP) is 5.80. The zero-order chi connectivity index (χ0) is 25.5. The smallest absolute Gasteiger partial charge is 0.259 e. The zero-order valence-corrected chi connectivity index (χ0v) is 19.7. The highest BCUT2D eigenvalue weighted by atomic mass is 19.3. The molecule has 0 radical (unpaired) electrons. The van der Waals surface area contributed by atoms with Gasteiger partial charge in [-0.1, -0.05) is 37.5 Å². The number of anilines is 2. The topological polar surface area (TPSA) is 80.0 Å². The molecule has 4 rings (SSSR count). The van der Waals surface area contributed by atoms with E-state index < -0.39 is 6.43 Å². The first-order valence-electron chi connectivity index (χ1n) is 11.1. The van der Waals surface area contributed by atoms with E-state index in [4.69, 9.17) is 0 Å². The van der Waals surface area contributed by atoms with E-state index in [1.807, 2.05) is 36.4 Å². The number of fused-ring (bicyclic) bond motifs is 1. The van der Waals surface area contributed by atoms with Gasteiger partial charge in [0.15, 0.2) is 11.6 Å². The molecule has 0 saturated carbocycles. The Kier molecular flexibility index (Phi) is 7.60. The van der Waals surface area contributed by atoms with Crippen molar-refractivity contribution in [3.05, 3.63) is 115 Å². The number of nitrogens with zero attached hydrogens (tertiary/aromatic N) is 5. The molecule has 0 aliphatic heterocycles. The van der Waals surface area contributed by atoms with Crippen molar-refractivity contribution in [1.82, 2.24) is 29.9 Å². The Balaban J connectivity index is 1.59. The maximum atomic E-state index is 12.7. The average Bonchev–Trinajstić information content (AvgIpc) is 3.37. The summed E-state index contributed by atoms with van der Waals surface area (Å²) in [7, 11) is 0. The minimum absolute atomic E-state index is 0.0368. The van der Waals surface area contributed by atoms with Crippen molar-refractivity contribution < 1.29 is 8.78 Å². The number of rotatable bonds is 10. The van der Waals surface area contributed by atoms with Gasteiger partial charge >= 0.3 is 0 Å². The van der Waals surface area contributed by atoms with Crippen LogP contribution in [0.3, 0.4) is 0 Å². The van der Waals surface area contributed by atoms with Crippen molar-refractivity contribution in [2.75, 3.05) is 5.32 Å². The Bertz CT molecular complexity index is 1440. The van der Waals surface area contributed by atoms with Crippen LogP contribution in [0.5, 0.6) is 0 Å². The third-order valence-corrected chi connectivity index (χ3v) is 5.29. The Hall–Kier alpha value is -4.66. The Morgan fingerprint density at radius 3 is 2.78 bits per heavy atom. The van der Waals surface area contributed by atoms with Gasteiger partial charge in [-0.15, -0.1) is 5.10 Å². The summed E-state index contributed by atoms with van der Waals surface area (Å²) in [5, 5.41) is 11.1. The fourth-order valence-corrected chi connectivity index (χ4v) is 3.29. The maximum absolute atomic E-state index is 12.7. The van der Waals surface area contributed by atoms with E-state index in [0.717, 1.165) is 22.5 Å². The molecule has 4 aromatic heterocycles. The van der Waals surface area contributed by atoms with Gasteiger partial charge < -0.3 is 10.6 Å². The molecule has 182 valence electrons. The highest BCUT2D eigenvalue weighted by Gasteiger charge is 2.13. The first kappa shape index (κ1) is 24.5. The van der Waals surface area contributed by atoms with Crippen LogP contribution in [-0.4, -0.2) is 31.0 Å². The third kappa shape index (κ3) is 5.87. The number of hydrogen-bond acceptors (Lipinski definition) is 6. The second-order valence-electron chi connectivity index (χ2n) is 7.92. The van der Waals surface area contributed by atoms with Crippen LogP contribution in [0.4, 0.5) is 20.3 Å². The summed E-state index contributed by atoms with van der Waals surface area (Å²) in [5.41, 5.74) is 4.26. The van der Waals surface area contributed by atoms with Crippen molar-refractivity contribution in [2.24, 2.45) is 0 Å². The van der Waals surface area contributed by atoms with Crippen LogP contribution in [0.15, 0.2) is 98.1 Å². The molecular formula is C27H25F2N7. The molecule has 0 spiro atoms. The molecule has 4 aromatic rings. The summed E-state index contributed by atoms with van der Waals surface area (Å²) in [6.07, 6.45) is 8.88. The molecule has 4 heterocycles. The quantitative estimate of drug-likeness (QED) is 0.276.